The highest BCUT2D eigenvalue weighted by Gasteiger charge is 2.51. The summed E-state index contributed by atoms with van der Waals surface area (Å²) in [5.74, 6) is 1.81. The van der Waals surface area contributed by atoms with Crippen LogP contribution in [0.15, 0.2) is 124 Å². The molecule has 5 heterocycles. The van der Waals surface area contributed by atoms with Crippen molar-refractivity contribution in [3.63, 3.8) is 0 Å². The summed E-state index contributed by atoms with van der Waals surface area (Å²) in [6, 6.07) is 28.3. The van der Waals surface area contributed by atoms with Gasteiger partial charge in [0.2, 0.25) is 0 Å². The Morgan fingerprint density at radius 2 is 0.576 bits per heavy atom. The van der Waals surface area contributed by atoms with Crippen LogP contribution >= 0.6 is 188 Å². The maximum Gasteiger partial charge on any atom is 0.132 e. The van der Waals surface area contributed by atoms with E-state index in [-0.39, 0.29) is 0 Å². The number of hydrogen-bond acceptors (Lipinski definition) is 17. The summed E-state index contributed by atoms with van der Waals surface area (Å²) in [5, 5.41) is 0. The van der Waals surface area contributed by atoms with Gasteiger partial charge in [-0.15, -0.1) is 94.1 Å². The van der Waals surface area contributed by atoms with Gasteiger partial charge in [0, 0.05) is 11.1 Å². The van der Waals surface area contributed by atoms with Crippen LogP contribution in [-0.2, 0) is 5.41 Å². The van der Waals surface area contributed by atoms with Gasteiger partial charge in [-0.05, 0) is 155 Å². The van der Waals surface area contributed by atoms with Gasteiger partial charge in [0.25, 0.3) is 0 Å². The van der Waals surface area contributed by atoms with Gasteiger partial charge in [-0.1, -0.05) is 130 Å². The molecule has 0 bridgehead atoms. The Hall–Kier alpha value is 0.200. The molecule has 0 N–H and O–H groups in total. The van der Waals surface area contributed by atoms with E-state index in [9.17, 15) is 0 Å². The number of hydrogen-bond donors (Lipinski definition) is 0. The lowest BCUT2D eigenvalue weighted by atomic mass is 9.65. The second-order valence-electron chi connectivity index (χ2n) is 14.6. The summed E-state index contributed by atoms with van der Waals surface area (Å²) in [7, 11) is 0. The molecule has 0 unspecified atom stereocenters. The molecule has 0 fully saturated rings. The van der Waals surface area contributed by atoms with Crippen LogP contribution in [0.5, 0.6) is 11.5 Å². The van der Waals surface area contributed by atoms with Gasteiger partial charge in [0.1, 0.15) is 11.5 Å². The summed E-state index contributed by atoms with van der Waals surface area (Å²) < 4.78 is 23.4. The van der Waals surface area contributed by atoms with Crippen molar-refractivity contribution >= 4 is 212 Å². The molecule has 0 atom stereocenters. The SMILES string of the molecule is CSC1=C(SC)SC(=Cc2ccc3c(c2)C2(c4cc(C=C5SC(SC)=C(SC)S5)ccc4O3)c3cc(C=C4SC(SC)=C(SC)S4)ccc3-c3ccc(C=C4SC(SC)=C(SC)S4)cc32)S1. The number of fused-ring (bicyclic) bond motifs is 9. The van der Waals surface area contributed by atoms with Crippen molar-refractivity contribution in [2.75, 3.05) is 50.0 Å². The van der Waals surface area contributed by atoms with Gasteiger partial charge in [-0.25, -0.2) is 0 Å². The average Bonchev–Trinajstić information content (AvgIpc) is 4.18. The predicted octanol–water partition coefficient (Wildman–Crippen LogP) is 20.7. The third-order valence-corrected chi connectivity index (χ3v) is 31.4. The quantitative estimate of drug-likeness (QED) is 0.115. The van der Waals surface area contributed by atoms with Crippen molar-refractivity contribution < 1.29 is 4.74 Å². The van der Waals surface area contributed by atoms with Crippen LogP contribution < -0.4 is 4.74 Å². The maximum absolute atomic E-state index is 7.10. The molecular weight excluding hydrogens is 1120 g/mol. The fraction of sp³-hybridized carbons (Fsp3) is 0.184. The first-order valence-corrected chi connectivity index (χ1v) is 36.4. The highest BCUT2D eigenvalue weighted by atomic mass is 32.3. The normalized spacial score (nSPS) is 18.2. The Morgan fingerprint density at radius 1 is 0.333 bits per heavy atom. The third-order valence-electron chi connectivity index (χ3n) is 11.1. The van der Waals surface area contributed by atoms with Gasteiger partial charge in [-0.3, -0.25) is 0 Å². The zero-order valence-electron chi connectivity index (χ0n) is 36.7. The molecule has 5 aliphatic heterocycles. The molecule has 1 nitrogen and oxygen atoms in total. The topological polar surface area (TPSA) is 9.23 Å². The summed E-state index contributed by atoms with van der Waals surface area (Å²) in [4.78, 5) is 0. The highest BCUT2D eigenvalue weighted by Crippen LogP contribution is 2.65. The van der Waals surface area contributed by atoms with E-state index >= 15 is 0 Å². The standard InChI is InChI=1S/C49H40OS16/c1-51-41-42(52-2)60-37(59-41)21-25-9-13-29-30-14-10-26(22-38-61-43(53-3)44(54-4)62-38)18-32(30)49(31(29)17-25)33-19-27(23-39-63-45(55-5)46(56-6)64-39)11-15-35(33)50-36-16-12-28(20-34(36)49)24-40-65-47(57-7)48(58-8)66-40/h9-24H,1-8H3. The molecule has 10 rings (SSSR count). The van der Waals surface area contributed by atoms with Gasteiger partial charge in [0.15, 0.2) is 0 Å². The molecule has 338 valence electrons. The van der Waals surface area contributed by atoms with Crippen LogP contribution in [0.25, 0.3) is 35.4 Å². The molecule has 66 heavy (non-hydrogen) atoms. The molecule has 17 heteroatoms. The fourth-order valence-electron chi connectivity index (χ4n) is 8.35. The average molecular weight is 1160 g/mol. The second-order valence-corrected chi connectivity index (χ2v) is 32.6. The maximum atomic E-state index is 7.10. The summed E-state index contributed by atoms with van der Waals surface area (Å²) in [6.45, 7) is 0. The molecule has 0 radical (unpaired) electrons. The minimum Gasteiger partial charge on any atom is -0.457 e. The first-order valence-electron chi connectivity index (χ1n) is 20.1. The van der Waals surface area contributed by atoms with Crippen LogP contribution in [0.3, 0.4) is 0 Å². The van der Waals surface area contributed by atoms with Crippen molar-refractivity contribution in [2.24, 2.45) is 0 Å². The molecule has 4 aromatic carbocycles. The number of ether oxygens (including phenoxy) is 1. The molecule has 0 aromatic heterocycles. The molecular formula is C49H40OS16. The summed E-state index contributed by atoms with van der Waals surface area (Å²) in [5.41, 5.74) is 11.6. The van der Waals surface area contributed by atoms with E-state index in [0.717, 1.165) is 11.5 Å². The molecule has 1 spiro atoms. The highest BCUT2D eigenvalue weighted by molar-refractivity contribution is 8.42. The van der Waals surface area contributed by atoms with E-state index < -0.39 is 5.41 Å². The summed E-state index contributed by atoms with van der Waals surface area (Å²) >= 11 is 29.9. The van der Waals surface area contributed by atoms with E-state index in [1.165, 1.54) is 106 Å². The molecule has 0 saturated carbocycles. The number of rotatable bonds is 12. The van der Waals surface area contributed by atoms with E-state index in [1.54, 1.807) is 0 Å². The zero-order chi connectivity index (χ0) is 45.7. The van der Waals surface area contributed by atoms with Crippen molar-refractivity contribution in [3.8, 4) is 22.6 Å². The van der Waals surface area contributed by atoms with Crippen molar-refractivity contribution in [2.45, 2.75) is 5.41 Å². The van der Waals surface area contributed by atoms with Crippen molar-refractivity contribution in [1.29, 1.82) is 0 Å². The van der Waals surface area contributed by atoms with Gasteiger partial charge in [0.05, 0.1) is 56.3 Å². The van der Waals surface area contributed by atoms with E-state index in [0.29, 0.717) is 0 Å². The molecule has 0 amide bonds. The Bertz CT molecular complexity index is 2680. The Kier molecular flexibility index (Phi) is 16.4. The first kappa shape index (κ1) is 49.8. The van der Waals surface area contributed by atoms with Crippen LogP contribution in [-0.4, -0.2) is 50.0 Å². The lowest BCUT2D eigenvalue weighted by Crippen LogP contribution is -2.32. The zero-order valence-corrected chi connectivity index (χ0v) is 49.7. The van der Waals surface area contributed by atoms with E-state index in [1.807, 2.05) is 188 Å². The third kappa shape index (κ3) is 9.51. The van der Waals surface area contributed by atoms with E-state index in [2.05, 4.69) is 147 Å². The first-order chi connectivity index (χ1) is 32.2. The lowest BCUT2D eigenvalue weighted by Gasteiger charge is -2.40. The Morgan fingerprint density at radius 3 is 0.833 bits per heavy atom. The Labute approximate surface area is 457 Å². The number of benzene rings is 4. The van der Waals surface area contributed by atoms with E-state index in [4.69, 9.17) is 4.74 Å². The smallest absolute Gasteiger partial charge is 0.132 e. The van der Waals surface area contributed by atoms with Gasteiger partial charge >= 0.3 is 0 Å². The summed E-state index contributed by atoms with van der Waals surface area (Å²) in [6.07, 6.45) is 27.1. The monoisotopic (exact) mass is 1160 g/mol. The van der Waals surface area contributed by atoms with Gasteiger partial charge < -0.3 is 4.74 Å². The van der Waals surface area contributed by atoms with Gasteiger partial charge in [-0.2, -0.15) is 0 Å². The second kappa shape index (κ2) is 21.7. The largest absolute Gasteiger partial charge is 0.457 e. The lowest BCUT2D eigenvalue weighted by molar-refractivity contribution is 0.436. The van der Waals surface area contributed by atoms with Crippen LogP contribution in [0.4, 0.5) is 0 Å². The van der Waals surface area contributed by atoms with Crippen molar-refractivity contribution in [1.82, 2.24) is 0 Å². The Balaban J connectivity index is 1.20. The molecule has 1 aliphatic carbocycles. The van der Waals surface area contributed by atoms with Crippen molar-refractivity contribution in [3.05, 3.63) is 168 Å². The van der Waals surface area contributed by atoms with Crippen LogP contribution in [0, 0.1) is 0 Å². The van der Waals surface area contributed by atoms with Crippen LogP contribution in [0.1, 0.15) is 44.5 Å². The predicted molar refractivity (Wildman–Crippen MR) is 333 cm³/mol. The molecule has 0 saturated heterocycles. The molecule has 4 aromatic rings. The van der Waals surface area contributed by atoms with Crippen LogP contribution in [0.2, 0.25) is 0 Å². The number of thioether (sulfide) groups is 16. The fourth-order valence-corrected chi connectivity index (χ4v) is 28.1. The minimum absolute atomic E-state index is 0.669. The minimum atomic E-state index is -0.669. The molecule has 6 aliphatic rings.